The summed E-state index contributed by atoms with van der Waals surface area (Å²) in [6.45, 7) is 3.28. The molecule has 1 fully saturated rings. The summed E-state index contributed by atoms with van der Waals surface area (Å²) < 4.78 is 5.20. The van der Waals surface area contributed by atoms with Gasteiger partial charge in [0.15, 0.2) is 0 Å². The van der Waals surface area contributed by atoms with Gasteiger partial charge >= 0.3 is 0 Å². The van der Waals surface area contributed by atoms with Crippen molar-refractivity contribution in [3.05, 3.63) is 29.8 Å². The van der Waals surface area contributed by atoms with E-state index in [1.165, 1.54) is 0 Å². The number of benzene rings is 1. The van der Waals surface area contributed by atoms with Crippen molar-refractivity contribution in [2.75, 3.05) is 46.9 Å². The van der Waals surface area contributed by atoms with E-state index in [0.717, 1.165) is 24.4 Å². The number of carbonyl (C=O) groups is 2. The molecular weight excluding hydrogens is 294 g/mol. The van der Waals surface area contributed by atoms with Crippen LogP contribution >= 0.6 is 0 Å². The average Bonchev–Trinajstić information content (AvgIpc) is 2.60. The summed E-state index contributed by atoms with van der Waals surface area (Å²) in [6, 6.07) is 7.82. The quantitative estimate of drug-likeness (QED) is 0.830. The van der Waals surface area contributed by atoms with Crippen LogP contribution in [0.1, 0.15) is 12.0 Å². The largest absolute Gasteiger partial charge is 0.497 e. The summed E-state index contributed by atoms with van der Waals surface area (Å²) in [6.07, 6.45) is 1.22. The highest BCUT2D eigenvalue weighted by atomic mass is 16.5. The lowest BCUT2D eigenvalue weighted by molar-refractivity contribution is -0.133. The normalized spacial score (nSPS) is 15.3. The predicted octanol–water partition coefficient (Wildman–Crippen LogP) is 0.518. The lowest BCUT2D eigenvalue weighted by Gasteiger charge is -2.34. The molecule has 0 saturated carbocycles. The van der Waals surface area contributed by atoms with Crippen LogP contribution in [0, 0.1) is 0 Å². The topological polar surface area (TPSA) is 61.9 Å². The second-order valence-corrected chi connectivity index (χ2v) is 5.68. The van der Waals surface area contributed by atoms with Crippen LogP contribution in [0.5, 0.6) is 5.75 Å². The van der Waals surface area contributed by atoms with Gasteiger partial charge in [0.2, 0.25) is 11.8 Å². The summed E-state index contributed by atoms with van der Waals surface area (Å²) >= 11 is 0. The summed E-state index contributed by atoms with van der Waals surface area (Å²) in [5.74, 6) is 1.01. The Morgan fingerprint density at radius 1 is 1.22 bits per heavy atom. The number of nitrogens with one attached hydrogen (secondary N) is 1. The van der Waals surface area contributed by atoms with E-state index in [1.807, 2.05) is 29.2 Å². The molecule has 1 aliphatic heterocycles. The number of piperazine rings is 1. The van der Waals surface area contributed by atoms with Crippen molar-refractivity contribution in [1.82, 2.24) is 15.1 Å². The van der Waals surface area contributed by atoms with Gasteiger partial charge in [-0.1, -0.05) is 12.1 Å². The number of amides is 2. The maximum atomic E-state index is 12.3. The third-order valence-electron chi connectivity index (χ3n) is 4.13. The highest BCUT2D eigenvalue weighted by Gasteiger charge is 2.21. The van der Waals surface area contributed by atoms with Gasteiger partial charge in [-0.3, -0.25) is 14.5 Å². The third-order valence-corrected chi connectivity index (χ3v) is 4.13. The van der Waals surface area contributed by atoms with Crippen LogP contribution in [-0.4, -0.2) is 68.5 Å². The minimum Gasteiger partial charge on any atom is -0.497 e. The summed E-state index contributed by atoms with van der Waals surface area (Å²) in [5, 5.41) is 2.62. The Kier molecular flexibility index (Phi) is 6.40. The molecule has 126 valence electrons. The molecule has 1 N–H and O–H groups in total. The van der Waals surface area contributed by atoms with Crippen molar-refractivity contribution < 1.29 is 14.3 Å². The first-order valence-electron chi connectivity index (χ1n) is 7.96. The number of likely N-dealkylation sites (N-methyl/N-ethyl adjacent to an activating group) is 1. The fourth-order valence-electron chi connectivity index (χ4n) is 2.67. The molecule has 1 aliphatic rings. The first-order chi connectivity index (χ1) is 11.1. The van der Waals surface area contributed by atoms with Gasteiger partial charge in [0, 0.05) is 39.6 Å². The maximum absolute atomic E-state index is 12.3. The van der Waals surface area contributed by atoms with Gasteiger partial charge in [0.1, 0.15) is 5.75 Å². The van der Waals surface area contributed by atoms with Crippen molar-refractivity contribution in [3.8, 4) is 5.75 Å². The second-order valence-electron chi connectivity index (χ2n) is 5.68. The van der Waals surface area contributed by atoms with E-state index < -0.39 is 0 Å². The van der Waals surface area contributed by atoms with E-state index in [0.29, 0.717) is 32.5 Å². The second kappa shape index (κ2) is 8.53. The Morgan fingerprint density at radius 2 is 1.96 bits per heavy atom. The molecule has 0 bridgehead atoms. The van der Waals surface area contributed by atoms with Gasteiger partial charge in [-0.15, -0.1) is 0 Å². The number of rotatable bonds is 6. The number of ether oxygens (including phenoxy) is 1. The SMILES string of the molecule is CNC(=O)CN1CCN(C(=O)CCc2cccc(OC)c2)CC1. The number of carbonyl (C=O) groups excluding carboxylic acids is 2. The Morgan fingerprint density at radius 3 is 2.61 bits per heavy atom. The van der Waals surface area contributed by atoms with Gasteiger partial charge < -0.3 is 15.0 Å². The molecule has 23 heavy (non-hydrogen) atoms. The Bertz CT molecular complexity index is 540. The Balaban J connectivity index is 1.75. The van der Waals surface area contributed by atoms with Crippen LogP contribution in [0.4, 0.5) is 0 Å². The Labute approximate surface area is 137 Å². The molecule has 0 aliphatic carbocycles. The van der Waals surface area contributed by atoms with Gasteiger partial charge in [-0.2, -0.15) is 0 Å². The van der Waals surface area contributed by atoms with E-state index in [1.54, 1.807) is 14.2 Å². The molecule has 1 saturated heterocycles. The number of nitrogens with zero attached hydrogens (tertiary/aromatic N) is 2. The first kappa shape index (κ1) is 17.3. The fraction of sp³-hybridized carbons (Fsp3) is 0.529. The average molecular weight is 319 g/mol. The van der Waals surface area contributed by atoms with E-state index in [2.05, 4.69) is 10.2 Å². The molecule has 6 heteroatoms. The minimum atomic E-state index is 0.0165. The lowest BCUT2D eigenvalue weighted by atomic mass is 10.1. The number of hydrogen-bond acceptors (Lipinski definition) is 4. The molecule has 0 radical (unpaired) electrons. The smallest absolute Gasteiger partial charge is 0.233 e. The van der Waals surface area contributed by atoms with E-state index in [4.69, 9.17) is 4.74 Å². The summed E-state index contributed by atoms with van der Waals surface area (Å²) in [5.41, 5.74) is 1.11. The third kappa shape index (κ3) is 5.25. The summed E-state index contributed by atoms with van der Waals surface area (Å²) in [4.78, 5) is 27.6. The highest BCUT2D eigenvalue weighted by Crippen LogP contribution is 2.14. The maximum Gasteiger partial charge on any atom is 0.233 e. The molecule has 2 rings (SSSR count). The lowest BCUT2D eigenvalue weighted by Crippen LogP contribution is -2.50. The van der Waals surface area contributed by atoms with E-state index in [9.17, 15) is 9.59 Å². The fourth-order valence-corrected chi connectivity index (χ4v) is 2.67. The van der Waals surface area contributed by atoms with Crippen LogP contribution in [-0.2, 0) is 16.0 Å². The van der Waals surface area contributed by atoms with Gasteiger partial charge in [-0.05, 0) is 24.1 Å². The van der Waals surface area contributed by atoms with Crippen LogP contribution in [0.15, 0.2) is 24.3 Å². The number of methoxy groups -OCH3 is 1. The van der Waals surface area contributed by atoms with Crippen molar-refractivity contribution in [2.24, 2.45) is 0 Å². The minimum absolute atomic E-state index is 0.0165. The molecule has 0 atom stereocenters. The molecular formula is C17H25N3O3. The van der Waals surface area contributed by atoms with Gasteiger partial charge in [0.05, 0.1) is 13.7 Å². The molecule has 2 amide bonds. The van der Waals surface area contributed by atoms with E-state index in [-0.39, 0.29) is 11.8 Å². The number of aryl methyl sites for hydroxylation is 1. The van der Waals surface area contributed by atoms with Crippen LogP contribution in [0.2, 0.25) is 0 Å². The predicted molar refractivity (Wildman–Crippen MR) is 88.4 cm³/mol. The first-order valence-corrected chi connectivity index (χ1v) is 7.96. The van der Waals surface area contributed by atoms with Gasteiger partial charge in [-0.25, -0.2) is 0 Å². The monoisotopic (exact) mass is 319 g/mol. The zero-order valence-electron chi connectivity index (χ0n) is 13.9. The highest BCUT2D eigenvalue weighted by molar-refractivity contribution is 5.78. The van der Waals surface area contributed by atoms with Crippen LogP contribution in [0.3, 0.4) is 0 Å². The number of hydrogen-bond donors (Lipinski definition) is 1. The van der Waals surface area contributed by atoms with Gasteiger partial charge in [0.25, 0.3) is 0 Å². The molecule has 0 unspecified atom stereocenters. The standard InChI is InChI=1S/C17H25N3O3/c1-18-16(21)13-19-8-10-20(11-9-19)17(22)7-6-14-4-3-5-15(12-14)23-2/h3-5,12H,6-11,13H2,1-2H3,(H,18,21). The molecule has 6 nitrogen and oxygen atoms in total. The summed E-state index contributed by atoms with van der Waals surface area (Å²) in [7, 11) is 3.28. The van der Waals surface area contributed by atoms with Crippen LogP contribution < -0.4 is 10.1 Å². The molecule has 1 aromatic rings. The molecule has 1 aromatic carbocycles. The zero-order chi connectivity index (χ0) is 16.7. The zero-order valence-corrected chi connectivity index (χ0v) is 13.9. The van der Waals surface area contributed by atoms with Crippen molar-refractivity contribution in [2.45, 2.75) is 12.8 Å². The van der Waals surface area contributed by atoms with Crippen molar-refractivity contribution >= 4 is 11.8 Å². The molecule has 1 heterocycles. The van der Waals surface area contributed by atoms with E-state index >= 15 is 0 Å². The molecule has 0 spiro atoms. The van der Waals surface area contributed by atoms with Crippen molar-refractivity contribution in [3.63, 3.8) is 0 Å². The van der Waals surface area contributed by atoms with Crippen molar-refractivity contribution in [1.29, 1.82) is 0 Å². The van der Waals surface area contributed by atoms with Crippen LogP contribution in [0.25, 0.3) is 0 Å². The Hall–Kier alpha value is -2.08. The molecule has 0 aromatic heterocycles.